The molecule has 2 aliphatic carbocycles. The van der Waals surface area contributed by atoms with E-state index in [4.69, 9.17) is 9.72 Å². The van der Waals surface area contributed by atoms with Crippen molar-refractivity contribution in [3.63, 3.8) is 0 Å². The first-order valence-electron chi connectivity index (χ1n) is 17.5. The Labute approximate surface area is 277 Å². The highest BCUT2D eigenvalue weighted by atomic mass is 32.1. The molecule has 2 aromatic rings. The quantitative estimate of drug-likeness (QED) is 0.208. The van der Waals surface area contributed by atoms with Gasteiger partial charge in [0.2, 0.25) is 5.91 Å². The van der Waals surface area contributed by atoms with Crippen molar-refractivity contribution in [2.24, 2.45) is 23.2 Å². The summed E-state index contributed by atoms with van der Waals surface area (Å²) < 4.78 is 5.44. The van der Waals surface area contributed by atoms with Crippen molar-refractivity contribution in [3.05, 3.63) is 46.0 Å². The van der Waals surface area contributed by atoms with E-state index in [1.807, 2.05) is 19.1 Å². The van der Waals surface area contributed by atoms with Gasteiger partial charge in [-0.25, -0.2) is 4.98 Å². The third-order valence-electron chi connectivity index (χ3n) is 11.7. The molecule has 6 rings (SSSR count). The number of likely N-dealkylation sites (N-methyl/N-ethyl adjacent to an activating group) is 1. The number of benzene rings is 1. The van der Waals surface area contributed by atoms with E-state index in [2.05, 4.69) is 43.7 Å². The molecule has 10 nitrogen and oxygen atoms in total. The molecule has 2 amide bonds. The third kappa shape index (κ3) is 7.34. The zero-order valence-corrected chi connectivity index (χ0v) is 28.9. The molecule has 2 saturated heterocycles. The second-order valence-corrected chi connectivity index (χ2v) is 16.0. The van der Waals surface area contributed by atoms with Gasteiger partial charge >= 0.3 is 0 Å². The number of quaternary nitrogens is 3. The number of nitrogens with zero attached hydrogens (tertiary/aromatic N) is 1. The molecule has 252 valence electrons. The minimum atomic E-state index is -0.584. The van der Waals surface area contributed by atoms with Gasteiger partial charge in [-0.1, -0.05) is 32.9 Å². The summed E-state index contributed by atoms with van der Waals surface area (Å²) in [4.78, 5) is 37.2. The van der Waals surface area contributed by atoms with Gasteiger partial charge in [0, 0.05) is 27.8 Å². The molecule has 0 unspecified atom stereocenters. The van der Waals surface area contributed by atoms with E-state index in [1.165, 1.54) is 41.5 Å². The Hall–Kier alpha value is -2.41. The summed E-state index contributed by atoms with van der Waals surface area (Å²) in [5.74, 6) is -0.399. The van der Waals surface area contributed by atoms with Gasteiger partial charge in [-0.15, -0.1) is 11.3 Å². The monoisotopic (exact) mass is 655 g/mol. The van der Waals surface area contributed by atoms with Crippen molar-refractivity contribution < 1.29 is 34.1 Å². The van der Waals surface area contributed by atoms with E-state index >= 15 is 0 Å². The van der Waals surface area contributed by atoms with Crippen LogP contribution in [0.2, 0.25) is 0 Å². The van der Waals surface area contributed by atoms with Crippen LogP contribution in [-0.2, 0) is 22.5 Å². The van der Waals surface area contributed by atoms with Crippen LogP contribution in [0, 0.1) is 23.2 Å². The molecule has 46 heavy (non-hydrogen) atoms. The first kappa shape index (κ1) is 33.5. The lowest BCUT2D eigenvalue weighted by molar-refractivity contribution is -1.01. The number of morpholine rings is 1. The van der Waals surface area contributed by atoms with Crippen LogP contribution in [0.5, 0.6) is 0 Å². The Morgan fingerprint density at radius 2 is 1.83 bits per heavy atom. The van der Waals surface area contributed by atoms with E-state index in [0.717, 1.165) is 64.3 Å². The standard InChI is InChI=1S/C35H52N6O4S/c1-23(32(43)36-11-12-40-17-19-45-20-18-40)27-9-10-35(3)21-28-30(24(2)29(35)31(27)42)37-34(46-28)38-33(44)26-7-5-25(6-8-26)22-41-15-13-39(4)14-16-41/h5-8,23-24,27,29,31,42H,9-22H2,1-4H3,(H,36,43)(H,37,38,44)/p+3/t23-,24-,27-,29+,31-,35-/m0/s1. The number of carbonyl (C=O) groups excluding carboxylic acids is 2. The van der Waals surface area contributed by atoms with Crippen LogP contribution in [-0.4, -0.2) is 101 Å². The van der Waals surface area contributed by atoms with Gasteiger partial charge in [0.25, 0.3) is 5.91 Å². The highest BCUT2D eigenvalue weighted by Gasteiger charge is 2.54. The lowest BCUT2D eigenvalue weighted by Gasteiger charge is -2.53. The molecule has 4 aliphatic rings. The molecular formula is C35H55N6O4S+3. The van der Waals surface area contributed by atoms with Crippen molar-refractivity contribution in [1.82, 2.24) is 10.3 Å². The normalized spacial score (nSPS) is 32.2. The average Bonchev–Trinajstić information content (AvgIpc) is 3.44. The van der Waals surface area contributed by atoms with Crippen molar-refractivity contribution in [2.75, 3.05) is 77.9 Å². The second-order valence-electron chi connectivity index (χ2n) is 14.9. The zero-order valence-electron chi connectivity index (χ0n) is 28.1. The molecule has 6 atom stereocenters. The Morgan fingerprint density at radius 3 is 2.54 bits per heavy atom. The summed E-state index contributed by atoms with van der Waals surface area (Å²) in [6.45, 7) is 17.3. The average molecular weight is 656 g/mol. The van der Waals surface area contributed by atoms with Crippen LogP contribution in [0.25, 0.3) is 0 Å². The Balaban J connectivity index is 1.06. The summed E-state index contributed by atoms with van der Waals surface area (Å²) >= 11 is 1.57. The van der Waals surface area contributed by atoms with Crippen LogP contribution >= 0.6 is 11.3 Å². The van der Waals surface area contributed by atoms with Gasteiger partial charge in [-0.2, -0.15) is 0 Å². The predicted molar refractivity (Wildman–Crippen MR) is 179 cm³/mol. The number of anilines is 1. The fourth-order valence-corrected chi connectivity index (χ4v) is 9.93. The number of fused-ring (bicyclic) bond motifs is 2. The largest absolute Gasteiger partial charge is 0.392 e. The molecule has 3 fully saturated rings. The van der Waals surface area contributed by atoms with Gasteiger partial charge in [-0.3, -0.25) is 14.9 Å². The van der Waals surface area contributed by atoms with Gasteiger partial charge in [0.05, 0.1) is 45.1 Å². The van der Waals surface area contributed by atoms with E-state index in [-0.39, 0.29) is 40.9 Å². The number of amides is 2. The van der Waals surface area contributed by atoms with Crippen molar-refractivity contribution in [1.29, 1.82) is 0 Å². The van der Waals surface area contributed by atoms with Crippen molar-refractivity contribution in [2.45, 2.75) is 58.6 Å². The lowest BCUT2D eigenvalue weighted by atomic mass is 9.53. The molecule has 1 saturated carbocycles. The molecule has 3 heterocycles. The van der Waals surface area contributed by atoms with Crippen molar-refractivity contribution in [3.8, 4) is 0 Å². The maximum absolute atomic E-state index is 13.2. The molecule has 0 spiro atoms. The SMILES string of the molecule is C[C@H](C(=O)NCC[NH+]1CCOCC1)[C@@H]1CC[C@@]2(C)Cc3sc(NC(=O)c4ccc(C[NH+]5CC[NH+](C)CC5)cc4)nc3[C@@H](C)[C@@H]2[C@H]1O. The summed E-state index contributed by atoms with van der Waals surface area (Å²) in [6, 6.07) is 8.01. The van der Waals surface area contributed by atoms with Gasteiger partial charge < -0.3 is 29.9 Å². The second kappa shape index (κ2) is 14.4. The molecule has 2 aliphatic heterocycles. The summed E-state index contributed by atoms with van der Waals surface area (Å²) in [6.07, 6.45) is 2.04. The van der Waals surface area contributed by atoms with E-state index in [0.29, 0.717) is 17.2 Å². The minimum Gasteiger partial charge on any atom is -0.392 e. The number of nitrogens with one attached hydrogen (secondary N) is 5. The number of rotatable bonds is 9. The fraction of sp³-hybridized carbons (Fsp3) is 0.686. The first-order valence-corrected chi connectivity index (χ1v) is 18.3. The van der Waals surface area contributed by atoms with Crippen LogP contribution < -0.4 is 25.3 Å². The third-order valence-corrected chi connectivity index (χ3v) is 12.6. The fourth-order valence-electron chi connectivity index (χ4n) is 8.67. The van der Waals surface area contributed by atoms with Gasteiger partial charge in [-0.05, 0) is 48.6 Å². The topological polar surface area (TPSA) is 114 Å². The number of hydrogen-bond donors (Lipinski definition) is 6. The summed E-state index contributed by atoms with van der Waals surface area (Å²) in [7, 11) is 2.26. The lowest BCUT2D eigenvalue weighted by Crippen LogP contribution is -3.26. The van der Waals surface area contributed by atoms with Crippen molar-refractivity contribution >= 4 is 28.3 Å². The number of aliphatic hydroxyl groups excluding tert-OH is 1. The maximum atomic E-state index is 13.2. The van der Waals surface area contributed by atoms with Crippen LogP contribution in [0.1, 0.15) is 66.0 Å². The maximum Gasteiger partial charge on any atom is 0.257 e. The predicted octanol–water partition coefficient (Wildman–Crippen LogP) is -0.971. The molecular weight excluding hydrogens is 600 g/mol. The first-order chi connectivity index (χ1) is 22.1. The van der Waals surface area contributed by atoms with E-state index in [1.54, 1.807) is 21.1 Å². The number of carbonyl (C=O) groups is 2. The zero-order chi connectivity index (χ0) is 32.4. The Morgan fingerprint density at radius 1 is 1.11 bits per heavy atom. The number of aromatic nitrogens is 1. The molecule has 1 aromatic heterocycles. The molecule has 0 radical (unpaired) electrons. The number of hydrogen-bond acceptors (Lipinski definition) is 6. The van der Waals surface area contributed by atoms with E-state index < -0.39 is 6.10 Å². The summed E-state index contributed by atoms with van der Waals surface area (Å²) in [5.41, 5.74) is 2.81. The molecule has 11 heteroatoms. The highest BCUT2D eigenvalue weighted by Crippen LogP contribution is 2.57. The van der Waals surface area contributed by atoms with Crippen LogP contribution in [0.4, 0.5) is 5.13 Å². The van der Waals surface area contributed by atoms with Crippen LogP contribution in [0.3, 0.4) is 0 Å². The van der Waals surface area contributed by atoms with Crippen LogP contribution in [0.15, 0.2) is 24.3 Å². The number of piperazine rings is 1. The highest BCUT2D eigenvalue weighted by molar-refractivity contribution is 7.15. The number of ether oxygens (including phenoxy) is 1. The number of thiazole rings is 1. The molecule has 6 N–H and O–H groups in total. The molecule has 1 aromatic carbocycles. The summed E-state index contributed by atoms with van der Waals surface area (Å²) in [5, 5.41) is 18.7. The number of aliphatic hydroxyl groups is 1. The smallest absolute Gasteiger partial charge is 0.257 e. The molecule has 0 bridgehead atoms. The Bertz CT molecular complexity index is 1360. The van der Waals surface area contributed by atoms with Gasteiger partial charge in [0.15, 0.2) is 5.13 Å². The van der Waals surface area contributed by atoms with E-state index in [9.17, 15) is 14.7 Å². The Kier molecular flexibility index (Phi) is 10.5. The minimum absolute atomic E-state index is 0.00818. The van der Waals surface area contributed by atoms with Gasteiger partial charge in [0.1, 0.15) is 45.8 Å².